The van der Waals surface area contributed by atoms with Gasteiger partial charge in [-0.25, -0.2) is 4.79 Å². The van der Waals surface area contributed by atoms with Gasteiger partial charge in [-0.1, -0.05) is 0 Å². The molecule has 0 saturated heterocycles. The highest BCUT2D eigenvalue weighted by Crippen LogP contribution is 2.30. The first kappa shape index (κ1) is 13.1. The number of ether oxygens (including phenoxy) is 3. The van der Waals surface area contributed by atoms with Crippen LogP contribution in [-0.4, -0.2) is 31.8 Å². The topological polar surface area (TPSA) is 57.7 Å². The normalized spacial score (nSPS) is 10.3. The SMILES string of the molecule is CCOC(=O)c1cnc2cc(OC)cc(OC)c2c1. The van der Waals surface area contributed by atoms with Crippen LogP contribution in [-0.2, 0) is 4.74 Å². The highest BCUT2D eigenvalue weighted by atomic mass is 16.5. The third kappa shape index (κ3) is 2.59. The summed E-state index contributed by atoms with van der Waals surface area (Å²) in [5.41, 5.74) is 1.10. The fraction of sp³-hybridized carbons (Fsp3) is 0.286. The van der Waals surface area contributed by atoms with Crippen molar-refractivity contribution in [1.82, 2.24) is 4.98 Å². The molecule has 5 nitrogen and oxygen atoms in total. The van der Waals surface area contributed by atoms with E-state index < -0.39 is 5.97 Å². The standard InChI is InChI=1S/C14H15NO4/c1-4-19-14(16)9-5-11-12(15-8-9)6-10(17-2)7-13(11)18-3/h5-8H,4H2,1-3H3. The van der Waals surface area contributed by atoms with Crippen LogP contribution in [0.5, 0.6) is 11.5 Å². The summed E-state index contributed by atoms with van der Waals surface area (Å²) >= 11 is 0. The molecule has 5 heteroatoms. The number of esters is 1. The van der Waals surface area contributed by atoms with E-state index in [1.165, 1.54) is 6.20 Å². The number of hydrogen-bond acceptors (Lipinski definition) is 5. The minimum atomic E-state index is -0.394. The number of pyridine rings is 1. The molecular formula is C14H15NO4. The molecule has 1 aromatic heterocycles. The van der Waals surface area contributed by atoms with Crippen molar-refractivity contribution >= 4 is 16.9 Å². The molecule has 100 valence electrons. The number of aromatic nitrogens is 1. The zero-order valence-corrected chi connectivity index (χ0v) is 11.1. The van der Waals surface area contributed by atoms with Gasteiger partial charge in [0.15, 0.2) is 0 Å². The van der Waals surface area contributed by atoms with Gasteiger partial charge in [-0.15, -0.1) is 0 Å². The maximum absolute atomic E-state index is 11.7. The molecule has 0 N–H and O–H groups in total. The van der Waals surface area contributed by atoms with Gasteiger partial charge in [0.2, 0.25) is 0 Å². The lowest BCUT2D eigenvalue weighted by atomic mass is 10.1. The van der Waals surface area contributed by atoms with Crippen LogP contribution in [0.4, 0.5) is 0 Å². The van der Waals surface area contributed by atoms with Crippen LogP contribution < -0.4 is 9.47 Å². The van der Waals surface area contributed by atoms with E-state index in [0.717, 1.165) is 5.39 Å². The maximum atomic E-state index is 11.7. The van der Waals surface area contributed by atoms with Crippen molar-refractivity contribution in [2.45, 2.75) is 6.92 Å². The molecule has 0 saturated carbocycles. The predicted octanol–water partition coefficient (Wildman–Crippen LogP) is 2.43. The summed E-state index contributed by atoms with van der Waals surface area (Å²) in [6, 6.07) is 5.24. The average Bonchev–Trinajstić information content (AvgIpc) is 2.45. The summed E-state index contributed by atoms with van der Waals surface area (Å²) in [5.74, 6) is 0.864. The van der Waals surface area contributed by atoms with E-state index in [1.807, 2.05) is 0 Å². The minimum Gasteiger partial charge on any atom is -0.497 e. The first-order chi connectivity index (χ1) is 9.19. The Balaban J connectivity index is 2.55. The Kier molecular flexibility index (Phi) is 3.85. The van der Waals surface area contributed by atoms with E-state index in [1.54, 1.807) is 39.3 Å². The molecular weight excluding hydrogens is 246 g/mol. The third-order valence-corrected chi connectivity index (χ3v) is 2.70. The zero-order valence-electron chi connectivity index (χ0n) is 11.1. The van der Waals surface area contributed by atoms with Crippen LogP contribution in [0.15, 0.2) is 24.4 Å². The summed E-state index contributed by atoms with van der Waals surface area (Å²) in [4.78, 5) is 15.9. The van der Waals surface area contributed by atoms with E-state index >= 15 is 0 Å². The van der Waals surface area contributed by atoms with Gasteiger partial charge in [0.05, 0.1) is 31.9 Å². The highest BCUT2D eigenvalue weighted by Gasteiger charge is 2.12. The molecule has 0 atom stereocenters. The summed E-state index contributed by atoms with van der Waals surface area (Å²) in [5, 5.41) is 0.744. The number of carbonyl (C=O) groups is 1. The molecule has 2 rings (SSSR count). The molecule has 1 aromatic carbocycles. The number of nitrogens with zero attached hydrogens (tertiary/aromatic N) is 1. The van der Waals surface area contributed by atoms with Crippen molar-refractivity contribution in [3.63, 3.8) is 0 Å². The molecule has 1 heterocycles. The van der Waals surface area contributed by atoms with Crippen molar-refractivity contribution in [2.75, 3.05) is 20.8 Å². The Morgan fingerprint density at radius 3 is 2.63 bits per heavy atom. The Morgan fingerprint density at radius 1 is 1.21 bits per heavy atom. The van der Waals surface area contributed by atoms with Crippen molar-refractivity contribution < 1.29 is 19.0 Å². The zero-order chi connectivity index (χ0) is 13.8. The number of hydrogen-bond donors (Lipinski definition) is 0. The maximum Gasteiger partial charge on any atom is 0.339 e. The Hall–Kier alpha value is -2.30. The second-order valence-electron chi connectivity index (χ2n) is 3.84. The molecule has 0 fully saturated rings. The molecule has 19 heavy (non-hydrogen) atoms. The van der Waals surface area contributed by atoms with Gasteiger partial charge in [-0.2, -0.15) is 0 Å². The number of methoxy groups -OCH3 is 2. The van der Waals surface area contributed by atoms with Crippen molar-refractivity contribution in [3.8, 4) is 11.5 Å². The lowest BCUT2D eigenvalue weighted by Crippen LogP contribution is -2.05. The first-order valence-corrected chi connectivity index (χ1v) is 5.88. The van der Waals surface area contributed by atoms with E-state index in [2.05, 4.69) is 4.98 Å². The molecule has 2 aromatic rings. The second-order valence-corrected chi connectivity index (χ2v) is 3.84. The summed E-state index contributed by atoms with van der Waals surface area (Å²) in [6.07, 6.45) is 1.49. The molecule has 0 unspecified atom stereocenters. The van der Waals surface area contributed by atoms with Crippen LogP contribution in [0.1, 0.15) is 17.3 Å². The van der Waals surface area contributed by atoms with Gasteiger partial charge in [0, 0.05) is 23.7 Å². The minimum absolute atomic E-state index is 0.330. The van der Waals surface area contributed by atoms with Gasteiger partial charge in [0.1, 0.15) is 11.5 Å². The summed E-state index contributed by atoms with van der Waals surface area (Å²) in [7, 11) is 3.14. The van der Waals surface area contributed by atoms with Crippen LogP contribution in [0.3, 0.4) is 0 Å². The van der Waals surface area contributed by atoms with Gasteiger partial charge in [-0.3, -0.25) is 4.98 Å². The molecule has 0 spiro atoms. The first-order valence-electron chi connectivity index (χ1n) is 5.88. The van der Waals surface area contributed by atoms with Crippen molar-refractivity contribution in [1.29, 1.82) is 0 Å². The molecule has 0 bridgehead atoms. The lowest BCUT2D eigenvalue weighted by molar-refractivity contribution is 0.0526. The van der Waals surface area contributed by atoms with Crippen molar-refractivity contribution in [3.05, 3.63) is 30.0 Å². The molecule has 0 aliphatic rings. The van der Waals surface area contributed by atoms with Crippen LogP contribution in [0.25, 0.3) is 10.9 Å². The lowest BCUT2D eigenvalue weighted by Gasteiger charge is -2.09. The van der Waals surface area contributed by atoms with E-state index in [-0.39, 0.29) is 0 Å². The smallest absolute Gasteiger partial charge is 0.339 e. The average molecular weight is 261 g/mol. The fourth-order valence-corrected chi connectivity index (χ4v) is 1.78. The quantitative estimate of drug-likeness (QED) is 0.791. The van der Waals surface area contributed by atoms with E-state index in [0.29, 0.717) is 29.2 Å². The molecule has 0 amide bonds. The number of rotatable bonds is 4. The van der Waals surface area contributed by atoms with Crippen molar-refractivity contribution in [2.24, 2.45) is 0 Å². The van der Waals surface area contributed by atoms with Gasteiger partial charge in [0.25, 0.3) is 0 Å². The Morgan fingerprint density at radius 2 is 2.00 bits per heavy atom. The largest absolute Gasteiger partial charge is 0.497 e. The summed E-state index contributed by atoms with van der Waals surface area (Å²) in [6.45, 7) is 2.09. The molecule has 0 radical (unpaired) electrons. The number of benzene rings is 1. The van der Waals surface area contributed by atoms with Gasteiger partial charge < -0.3 is 14.2 Å². The predicted molar refractivity (Wildman–Crippen MR) is 70.8 cm³/mol. The molecule has 0 aliphatic carbocycles. The third-order valence-electron chi connectivity index (χ3n) is 2.70. The van der Waals surface area contributed by atoms with Gasteiger partial charge in [-0.05, 0) is 13.0 Å². The van der Waals surface area contributed by atoms with Crippen LogP contribution in [0.2, 0.25) is 0 Å². The van der Waals surface area contributed by atoms with E-state index in [4.69, 9.17) is 14.2 Å². The number of carbonyl (C=O) groups excluding carboxylic acids is 1. The summed E-state index contributed by atoms with van der Waals surface area (Å²) < 4.78 is 15.4. The monoisotopic (exact) mass is 261 g/mol. The second kappa shape index (κ2) is 5.56. The van der Waals surface area contributed by atoms with Crippen LogP contribution >= 0.6 is 0 Å². The fourth-order valence-electron chi connectivity index (χ4n) is 1.78. The molecule has 0 aliphatic heterocycles. The van der Waals surface area contributed by atoms with Crippen LogP contribution in [0, 0.1) is 0 Å². The van der Waals surface area contributed by atoms with E-state index in [9.17, 15) is 4.79 Å². The number of fused-ring (bicyclic) bond motifs is 1. The van der Waals surface area contributed by atoms with Gasteiger partial charge >= 0.3 is 5.97 Å². The highest BCUT2D eigenvalue weighted by molar-refractivity contribution is 5.96. The Labute approximate surface area is 111 Å². The Bertz CT molecular complexity index is 610.